The van der Waals surface area contributed by atoms with Gasteiger partial charge in [0.2, 0.25) is 0 Å². The van der Waals surface area contributed by atoms with Crippen LogP contribution in [-0.2, 0) is 6.54 Å². The van der Waals surface area contributed by atoms with Crippen molar-refractivity contribution >= 4 is 28.0 Å². The summed E-state index contributed by atoms with van der Waals surface area (Å²) in [5, 5.41) is 5.95. The molecule has 3 rings (SSSR count). The Morgan fingerprint density at radius 2 is 2.00 bits per heavy atom. The Balaban J connectivity index is 1.93. The number of aromatic nitrogens is 1. The monoisotopic (exact) mass is 340 g/mol. The molecule has 1 heterocycles. The van der Waals surface area contributed by atoms with E-state index in [2.05, 4.69) is 10.3 Å². The van der Waals surface area contributed by atoms with Gasteiger partial charge in [0.1, 0.15) is 5.75 Å². The Kier molecular flexibility index (Phi) is 4.81. The number of ether oxygens (including phenoxy) is 1. The third-order valence-electron chi connectivity index (χ3n) is 3.83. The van der Waals surface area contributed by atoms with E-state index < -0.39 is 0 Å². The minimum absolute atomic E-state index is 0.124. The zero-order valence-electron chi connectivity index (χ0n) is 14.1. The average molecular weight is 340 g/mol. The van der Waals surface area contributed by atoms with E-state index in [9.17, 15) is 4.79 Å². The molecule has 1 N–H and O–H groups in total. The number of nitrogens with zero attached hydrogens (tertiary/aromatic N) is 1. The molecule has 1 amide bonds. The molecule has 0 aliphatic carbocycles. The van der Waals surface area contributed by atoms with Crippen LogP contribution in [0.4, 0.5) is 0 Å². The first-order valence-electron chi connectivity index (χ1n) is 7.95. The Morgan fingerprint density at radius 1 is 1.21 bits per heavy atom. The molecule has 24 heavy (non-hydrogen) atoms. The zero-order chi connectivity index (χ0) is 17.1. The number of rotatable bonds is 5. The van der Waals surface area contributed by atoms with Crippen LogP contribution in [0.1, 0.15) is 32.9 Å². The number of nitrogens with one attached hydrogen (secondary N) is 1. The first-order chi connectivity index (χ1) is 11.6. The van der Waals surface area contributed by atoms with Gasteiger partial charge in [0.25, 0.3) is 5.91 Å². The highest BCUT2D eigenvalue weighted by Crippen LogP contribution is 2.28. The van der Waals surface area contributed by atoms with Gasteiger partial charge in [-0.1, -0.05) is 30.3 Å². The van der Waals surface area contributed by atoms with Gasteiger partial charge in [0, 0.05) is 4.88 Å². The van der Waals surface area contributed by atoms with Gasteiger partial charge in [-0.15, -0.1) is 11.3 Å². The topological polar surface area (TPSA) is 51.2 Å². The number of amides is 1. The van der Waals surface area contributed by atoms with Crippen LogP contribution in [0.15, 0.2) is 36.4 Å². The van der Waals surface area contributed by atoms with Crippen molar-refractivity contribution in [2.45, 2.75) is 27.3 Å². The summed E-state index contributed by atoms with van der Waals surface area (Å²) in [6.45, 7) is 6.85. The normalized spacial score (nSPS) is 10.8. The van der Waals surface area contributed by atoms with Gasteiger partial charge in [0.15, 0.2) is 0 Å². The van der Waals surface area contributed by atoms with Crippen molar-refractivity contribution in [2.75, 3.05) is 6.61 Å². The van der Waals surface area contributed by atoms with Gasteiger partial charge in [-0.2, -0.15) is 0 Å². The molecule has 0 spiro atoms. The Labute approximate surface area is 145 Å². The number of fused-ring (bicyclic) bond motifs is 1. The molecule has 0 bridgehead atoms. The maximum atomic E-state index is 12.8. The van der Waals surface area contributed by atoms with Crippen molar-refractivity contribution < 1.29 is 9.53 Å². The van der Waals surface area contributed by atoms with Crippen molar-refractivity contribution in [3.05, 3.63) is 57.5 Å². The molecule has 0 saturated heterocycles. The molecule has 0 unspecified atom stereocenters. The van der Waals surface area contributed by atoms with Gasteiger partial charge < -0.3 is 10.1 Å². The van der Waals surface area contributed by atoms with Crippen LogP contribution in [0.2, 0.25) is 0 Å². The molecular formula is C19H20N2O2S. The quantitative estimate of drug-likeness (QED) is 0.756. The SMILES string of the molecule is CCOc1ccc2ccccc2c1C(=O)NCc1sc(C)nc1C. The van der Waals surface area contributed by atoms with E-state index in [4.69, 9.17) is 4.74 Å². The van der Waals surface area contributed by atoms with E-state index >= 15 is 0 Å². The average Bonchev–Trinajstić information content (AvgIpc) is 2.90. The van der Waals surface area contributed by atoms with Crippen LogP contribution in [0.3, 0.4) is 0 Å². The molecular weight excluding hydrogens is 320 g/mol. The van der Waals surface area contributed by atoms with Crippen LogP contribution in [0.5, 0.6) is 5.75 Å². The highest BCUT2D eigenvalue weighted by atomic mass is 32.1. The zero-order valence-corrected chi connectivity index (χ0v) is 14.9. The Hall–Kier alpha value is -2.40. The third-order valence-corrected chi connectivity index (χ3v) is 4.90. The molecule has 0 saturated carbocycles. The molecule has 124 valence electrons. The van der Waals surface area contributed by atoms with Gasteiger partial charge >= 0.3 is 0 Å². The van der Waals surface area contributed by atoms with E-state index in [1.807, 2.05) is 57.2 Å². The van der Waals surface area contributed by atoms with Crippen molar-refractivity contribution in [1.82, 2.24) is 10.3 Å². The summed E-state index contributed by atoms with van der Waals surface area (Å²) in [6.07, 6.45) is 0. The Morgan fingerprint density at radius 3 is 2.71 bits per heavy atom. The third kappa shape index (κ3) is 3.26. The molecule has 3 aromatic rings. The lowest BCUT2D eigenvalue weighted by Crippen LogP contribution is -2.23. The van der Waals surface area contributed by atoms with E-state index in [1.165, 1.54) is 0 Å². The number of carbonyl (C=O) groups excluding carboxylic acids is 1. The summed E-state index contributed by atoms with van der Waals surface area (Å²) in [4.78, 5) is 18.3. The second kappa shape index (κ2) is 7.01. The number of thiazole rings is 1. The number of hydrogen-bond acceptors (Lipinski definition) is 4. The predicted octanol–water partition coefficient (Wildman–Crippen LogP) is 4.24. The largest absolute Gasteiger partial charge is 0.493 e. The maximum absolute atomic E-state index is 12.8. The highest BCUT2D eigenvalue weighted by Gasteiger charge is 2.17. The lowest BCUT2D eigenvalue weighted by molar-refractivity contribution is 0.0949. The Bertz CT molecular complexity index is 886. The highest BCUT2D eigenvalue weighted by molar-refractivity contribution is 7.11. The van der Waals surface area contributed by atoms with Crippen LogP contribution in [0.25, 0.3) is 10.8 Å². The summed E-state index contributed by atoms with van der Waals surface area (Å²) in [7, 11) is 0. The number of benzene rings is 2. The molecule has 0 aliphatic rings. The minimum Gasteiger partial charge on any atom is -0.493 e. The lowest BCUT2D eigenvalue weighted by atomic mass is 10.0. The van der Waals surface area contributed by atoms with Gasteiger partial charge in [-0.05, 0) is 37.6 Å². The summed E-state index contributed by atoms with van der Waals surface area (Å²) in [5.74, 6) is 0.492. The van der Waals surface area contributed by atoms with Gasteiger partial charge in [-0.25, -0.2) is 4.98 Å². The molecule has 4 nitrogen and oxygen atoms in total. The molecule has 0 radical (unpaired) electrons. The molecule has 2 aromatic carbocycles. The van der Waals surface area contributed by atoms with Gasteiger partial charge in [-0.3, -0.25) is 4.79 Å². The van der Waals surface area contributed by atoms with E-state index in [0.29, 0.717) is 24.5 Å². The molecule has 0 aliphatic heterocycles. The lowest BCUT2D eigenvalue weighted by Gasteiger charge is -2.13. The second-order valence-corrected chi connectivity index (χ2v) is 6.80. The van der Waals surface area contributed by atoms with Crippen molar-refractivity contribution in [2.24, 2.45) is 0 Å². The van der Waals surface area contributed by atoms with Crippen LogP contribution < -0.4 is 10.1 Å². The van der Waals surface area contributed by atoms with Crippen molar-refractivity contribution in [3.63, 3.8) is 0 Å². The van der Waals surface area contributed by atoms with Crippen LogP contribution in [0, 0.1) is 13.8 Å². The number of aryl methyl sites for hydroxylation is 2. The molecule has 0 fully saturated rings. The fourth-order valence-electron chi connectivity index (χ4n) is 2.75. The standard InChI is InChI=1S/C19H20N2O2S/c1-4-23-16-10-9-14-7-5-6-8-15(14)18(16)19(22)20-11-17-12(2)21-13(3)24-17/h5-10H,4,11H2,1-3H3,(H,20,22). The number of carbonyl (C=O) groups is 1. The van der Waals surface area contributed by atoms with E-state index in [1.54, 1.807) is 11.3 Å². The summed E-state index contributed by atoms with van der Waals surface area (Å²) in [5.41, 5.74) is 1.56. The van der Waals surface area contributed by atoms with Crippen molar-refractivity contribution in [3.8, 4) is 5.75 Å². The van der Waals surface area contributed by atoms with E-state index in [-0.39, 0.29) is 5.91 Å². The fraction of sp³-hybridized carbons (Fsp3) is 0.263. The first-order valence-corrected chi connectivity index (χ1v) is 8.77. The summed E-state index contributed by atoms with van der Waals surface area (Å²) < 4.78 is 5.68. The fourth-order valence-corrected chi connectivity index (χ4v) is 3.62. The molecule has 0 atom stereocenters. The second-order valence-electron chi connectivity index (χ2n) is 5.52. The first kappa shape index (κ1) is 16.5. The van der Waals surface area contributed by atoms with E-state index in [0.717, 1.165) is 26.4 Å². The van der Waals surface area contributed by atoms with Gasteiger partial charge in [0.05, 0.1) is 29.4 Å². The van der Waals surface area contributed by atoms with Crippen molar-refractivity contribution in [1.29, 1.82) is 0 Å². The summed E-state index contributed by atoms with van der Waals surface area (Å²) in [6, 6.07) is 11.7. The molecule has 1 aromatic heterocycles. The molecule has 5 heteroatoms. The number of hydrogen-bond donors (Lipinski definition) is 1. The predicted molar refractivity (Wildman–Crippen MR) is 97.9 cm³/mol. The van der Waals surface area contributed by atoms with Crippen LogP contribution in [-0.4, -0.2) is 17.5 Å². The maximum Gasteiger partial charge on any atom is 0.255 e. The minimum atomic E-state index is -0.124. The van der Waals surface area contributed by atoms with Crippen LogP contribution >= 0.6 is 11.3 Å². The summed E-state index contributed by atoms with van der Waals surface area (Å²) >= 11 is 1.61. The smallest absolute Gasteiger partial charge is 0.255 e.